The van der Waals surface area contributed by atoms with Crippen molar-refractivity contribution < 1.29 is 14.4 Å². The number of rotatable bonds is 0. The van der Waals surface area contributed by atoms with E-state index in [-0.39, 0.29) is 12.0 Å². The van der Waals surface area contributed by atoms with E-state index in [1.54, 1.807) is 4.90 Å². The van der Waals surface area contributed by atoms with E-state index in [2.05, 4.69) is 5.16 Å². The van der Waals surface area contributed by atoms with Crippen molar-refractivity contribution in [3.05, 3.63) is 0 Å². The van der Waals surface area contributed by atoms with Crippen LogP contribution in [0.3, 0.4) is 0 Å². The first-order chi connectivity index (χ1) is 7.46. The first-order valence-electron chi connectivity index (χ1n) is 5.62. The fourth-order valence-electron chi connectivity index (χ4n) is 1.89. The van der Waals surface area contributed by atoms with Gasteiger partial charge in [0.1, 0.15) is 12.2 Å². The summed E-state index contributed by atoms with van der Waals surface area (Å²) in [5.74, 6) is 0.265. The van der Waals surface area contributed by atoms with Gasteiger partial charge in [-0.15, -0.1) is 0 Å². The molecule has 16 heavy (non-hydrogen) atoms. The zero-order valence-electron chi connectivity index (χ0n) is 10.0. The predicted octanol–water partition coefficient (Wildman–Crippen LogP) is 1.63. The van der Waals surface area contributed by atoms with Crippen molar-refractivity contribution in [1.82, 2.24) is 4.90 Å². The molecule has 0 aromatic heterocycles. The number of carbonyl (C=O) groups excluding carboxylic acids is 1. The van der Waals surface area contributed by atoms with Crippen molar-refractivity contribution in [2.75, 3.05) is 19.7 Å². The van der Waals surface area contributed by atoms with Gasteiger partial charge >= 0.3 is 6.09 Å². The van der Waals surface area contributed by atoms with Crippen LogP contribution in [-0.2, 0) is 9.57 Å². The molecule has 0 aromatic carbocycles. The molecule has 2 aliphatic heterocycles. The molecule has 0 aromatic rings. The molecule has 0 aliphatic carbocycles. The quantitative estimate of drug-likeness (QED) is 0.630. The summed E-state index contributed by atoms with van der Waals surface area (Å²) in [4.78, 5) is 18.6. The third-order valence-corrected chi connectivity index (χ3v) is 2.66. The molecule has 1 fully saturated rings. The average Bonchev–Trinajstić information content (AvgIpc) is 2.61. The van der Waals surface area contributed by atoms with E-state index in [1.165, 1.54) is 0 Å². The molecule has 1 unspecified atom stereocenters. The summed E-state index contributed by atoms with van der Waals surface area (Å²) in [7, 11) is 0. The van der Waals surface area contributed by atoms with Crippen molar-refractivity contribution in [2.45, 2.75) is 32.8 Å². The molecule has 5 nitrogen and oxygen atoms in total. The van der Waals surface area contributed by atoms with Crippen LogP contribution in [0.25, 0.3) is 0 Å². The van der Waals surface area contributed by atoms with Gasteiger partial charge in [0.05, 0.1) is 11.6 Å². The van der Waals surface area contributed by atoms with Gasteiger partial charge in [0.25, 0.3) is 0 Å². The predicted molar refractivity (Wildman–Crippen MR) is 59.3 cm³/mol. The molecular formula is C11H18N2O3. The zero-order valence-corrected chi connectivity index (χ0v) is 10.0. The number of nitrogens with zero attached hydrogens (tertiary/aromatic N) is 2. The van der Waals surface area contributed by atoms with Gasteiger partial charge in [-0.05, 0) is 20.8 Å². The second-order valence-electron chi connectivity index (χ2n) is 5.25. The maximum atomic E-state index is 11.8. The molecule has 1 saturated heterocycles. The minimum atomic E-state index is -0.433. The third-order valence-electron chi connectivity index (χ3n) is 2.66. The number of hydrogen-bond donors (Lipinski definition) is 0. The minimum Gasteiger partial charge on any atom is -0.444 e. The number of hydrogen-bond acceptors (Lipinski definition) is 4. The Hall–Kier alpha value is -1.26. The van der Waals surface area contributed by atoms with E-state index in [4.69, 9.17) is 9.57 Å². The number of piperidine rings is 1. The molecule has 0 spiro atoms. The van der Waals surface area contributed by atoms with Crippen molar-refractivity contribution in [1.29, 1.82) is 0 Å². The van der Waals surface area contributed by atoms with Gasteiger partial charge in [-0.1, -0.05) is 5.16 Å². The first-order valence-corrected chi connectivity index (χ1v) is 5.62. The Labute approximate surface area is 95.4 Å². The monoisotopic (exact) mass is 226 g/mol. The smallest absolute Gasteiger partial charge is 0.410 e. The first kappa shape index (κ1) is 11.2. The topological polar surface area (TPSA) is 51.1 Å². The molecule has 0 N–H and O–H groups in total. The van der Waals surface area contributed by atoms with Crippen molar-refractivity contribution in [3.63, 3.8) is 0 Å². The molecule has 0 radical (unpaired) electrons. The highest BCUT2D eigenvalue weighted by molar-refractivity contribution is 5.89. The molecular weight excluding hydrogens is 208 g/mol. The van der Waals surface area contributed by atoms with Crippen LogP contribution in [0.15, 0.2) is 5.16 Å². The molecule has 0 bridgehead atoms. The van der Waals surface area contributed by atoms with Gasteiger partial charge in [-0.25, -0.2) is 4.79 Å². The molecule has 0 saturated carbocycles. The van der Waals surface area contributed by atoms with Gasteiger partial charge < -0.3 is 14.5 Å². The average molecular weight is 226 g/mol. The number of likely N-dealkylation sites (tertiary alicyclic amines) is 1. The van der Waals surface area contributed by atoms with Crippen LogP contribution >= 0.6 is 0 Å². The molecule has 2 aliphatic rings. The van der Waals surface area contributed by atoms with Crippen molar-refractivity contribution in [3.8, 4) is 0 Å². The van der Waals surface area contributed by atoms with Crippen molar-refractivity contribution in [2.24, 2.45) is 11.1 Å². The molecule has 2 heterocycles. The SMILES string of the molecule is CC(C)(C)OC(=O)N1CCC2=NOCC2C1. The van der Waals surface area contributed by atoms with E-state index >= 15 is 0 Å². The molecule has 2 rings (SSSR count). The molecule has 90 valence electrons. The lowest BCUT2D eigenvalue weighted by Crippen LogP contribution is -2.46. The standard InChI is InChI=1S/C11H18N2O3/c1-11(2,3)16-10(14)13-5-4-9-8(6-13)7-15-12-9/h8H,4-7H2,1-3H3. The minimum absolute atomic E-state index is 0.238. The Morgan fingerprint density at radius 3 is 3.00 bits per heavy atom. The fourth-order valence-corrected chi connectivity index (χ4v) is 1.89. The molecule has 5 heteroatoms. The number of fused-ring (bicyclic) bond motifs is 1. The Morgan fingerprint density at radius 2 is 2.31 bits per heavy atom. The summed E-state index contributed by atoms with van der Waals surface area (Å²) in [6.07, 6.45) is 0.558. The lowest BCUT2D eigenvalue weighted by Gasteiger charge is -2.32. The zero-order chi connectivity index (χ0) is 11.8. The van der Waals surface area contributed by atoms with E-state index in [0.29, 0.717) is 19.7 Å². The van der Waals surface area contributed by atoms with E-state index in [1.807, 2.05) is 20.8 Å². The van der Waals surface area contributed by atoms with Crippen LogP contribution < -0.4 is 0 Å². The third kappa shape index (κ3) is 2.46. The van der Waals surface area contributed by atoms with Gasteiger partial charge in [-0.2, -0.15) is 0 Å². The van der Waals surface area contributed by atoms with Crippen LogP contribution in [0, 0.1) is 5.92 Å². The number of carbonyl (C=O) groups is 1. The van der Waals surface area contributed by atoms with Gasteiger partial charge in [0.2, 0.25) is 0 Å². The largest absolute Gasteiger partial charge is 0.444 e. The van der Waals surface area contributed by atoms with E-state index in [0.717, 1.165) is 12.1 Å². The number of oxime groups is 1. The summed E-state index contributed by atoms with van der Waals surface area (Å²) in [5.41, 5.74) is 0.650. The van der Waals surface area contributed by atoms with Gasteiger partial charge in [0, 0.05) is 19.5 Å². The Bertz CT molecular complexity index is 320. The second-order valence-corrected chi connectivity index (χ2v) is 5.25. The van der Waals surface area contributed by atoms with Gasteiger partial charge in [0.15, 0.2) is 0 Å². The second kappa shape index (κ2) is 3.96. The number of ether oxygens (including phenoxy) is 1. The summed E-state index contributed by atoms with van der Waals surface area (Å²) in [6, 6.07) is 0. The van der Waals surface area contributed by atoms with Crippen molar-refractivity contribution >= 4 is 11.8 Å². The summed E-state index contributed by atoms with van der Waals surface area (Å²) >= 11 is 0. The van der Waals surface area contributed by atoms with Crippen LogP contribution in [0.1, 0.15) is 27.2 Å². The summed E-state index contributed by atoms with van der Waals surface area (Å²) in [5, 5.41) is 3.96. The highest BCUT2D eigenvalue weighted by Gasteiger charge is 2.34. The van der Waals surface area contributed by atoms with E-state index < -0.39 is 5.60 Å². The van der Waals surface area contributed by atoms with Gasteiger partial charge in [-0.3, -0.25) is 0 Å². The van der Waals surface area contributed by atoms with Crippen LogP contribution in [0.2, 0.25) is 0 Å². The highest BCUT2D eigenvalue weighted by atomic mass is 16.6. The summed E-state index contributed by atoms with van der Waals surface area (Å²) in [6.45, 7) is 7.55. The summed E-state index contributed by atoms with van der Waals surface area (Å²) < 4.78 is 5.33. The maximum Gasteiger partial charge on any atom is 0.410 e. The highest BCUT2D eigenvalue weighted by Crippen LogP contribution is 2.21. The normalized spacial score (nSPS) is 24.6. The Kier molecular flexibility index (Phi) is 2.78. The Balaban J connectivity index is 1.92. The lowest BCUT2D eigenvalue weighted by atomic mass is 9.97. The van der Waals surface area contributed by atoms with Crippen LogP contribution in [-0.4, -0.2) is 42.0 Å². The van der Waals surface area contributed by atoms with Crippen LogP contribution in [0.5, 0.6) is 0 Å². The van der Waals surface area contributed by atoms with E-state index in [9.17, 15) is 4.79 Å². The molecule has 1 atom stereocenters. The fraction of sp³-hybridized carbons (Fsp3) is 0.818. The molecule has 1 amide bonds. The Morgan fingerprint density at radius 1 is 1.56 bits per heavy atom. The number of amides is 1. The maximum absolute atomic E-state index is 11.8. The lowest BCUT2D eigenvalue weighted by molar-refractivity contribution is 0.0212. The van der Waals surface area contributed by atoms with Crippen LogP contribution in [0.4, 0.5) is 4.79 Å².